The first-order valence-corrected chi connectivity index (χ1v) is 5.13. The van der Waals surface area contributed by atoms with Crippen molar-refractivity contribution in [1.29, 1.82) is 0 Å². The Morgan fingerprint density at radius 1 is 1.46 bits per heavy atom. The highest BCUT2D eigenvalue weighted by Crippen LogP contribution is 2.17. The molecule has 0 aliphatic rings. The van der Waals surface area contributed by atoms with E-state index in [-0.39, 0.29) is 0 Å². The van der Waals surface area contributed by atoms with Gasteiger partial charge in [0.05, 0.1) is 6.61 Å². The zero-order valence-electron chi connectivity index (χ0n) is 7.93. The van der Waals surface area contributed by atoms with Gasteiger partial charge in [-0.05, 0) is 31.0 Å². The van der Waals surface area contributed by atoms with Crippen molar-refractivity contribution in [2.75, 3.05) is 6.61 Å². The lowest BCUT2D eigenvalue weighted by atomic mass is 10.1. The highest BCUT2D eigenvalue weighted by Gasteiger charge is 1.98. The molecule has 0 aromatic heterocycles. The van der Waals surface area contributed by atoms with Crippen molar-refractivity contribution in [2.45, 2.75) is 20.4 Å². The fraction of sp³-hybridized carbons (Fsp3) is 0.400. The van der Waals surface area contributed by atoms with Crippen molar-refractivity contribution in [3.05, 3.63) is 33.8 Å². The second kappa shape index (κ2) is 5.37. The van der Waals surface area contributed by atoms with Gasteiger partial charge >= 0.3 is 0 Å². The summed E-state index contributed by atoms with van der Waals surface area (Å²) in [5.41, 5.74) is 5.35. The van der Waals surface area contributed by atoms with Crippen molar-refractivity contribution in [3.8, 4) is 0 Å². The van der Waals surface area contributed by atoms with Crippen LogP contribution >= 0.6 is 15.9 Å². The molecule has 1 rings (SSSR count). The molecule has 0 unspecified atom stereocenters. The second-order valence-electron chi connectivity index (χ2n) is 2.85. The van der Waals surface area contributed by atoms with Crippen LogP contribution in [-0.2, 0) is 11.4 Å². The zero-order chi connectivity index (χ0) is 9.68. The lowest BCUT2D eigenvalue weighted by Crippen LogP contribution is -2.13. The monoisotopic (exact) mass is 243 g/mol. The normalized spacial score (nSPS) is 10.4. The molecule has 0 bridgehead atoms. The number of nitrogens with one attached hydrogen (secondary N) is 1. The summed E-state index contributed by atoms with van der Waals surface area (Å²) < 4.78 is 1.12. The predicted molar refractivity (Wildman–Crippen MR) is 57.3 cm³/mol. The van der Waals surface area contributed by atoms with E-state index in [1.54, 1.807) is 0 Å². The molecule has 1 aromatic rings. The molecule has 0 radical (unpaired) electrons. The van der Waals surface area contributed by atoms with Crippen LogP contribution in [0.1, 0.15) is 18.1 Å². The average molecular weight is 244 g/mol. The van der Waals surface area contributed by atoms with Crippen LogP contribution in [0.5, 0.6) is 0 Å². The molecule has 13 heavy (non-hydrogen) atoms. The van der Waals surface area contributed by atoms with E-state index in [1.165, 1.54) is 11.1 Å². The molecule has 3 heteroatoms. The zero-order valence-corrected chi connectivity index (χ0v) is 9.52. The van der Waals surface area contributed by atoms with E-state index in [1.807, 2.05) is 6.92 Å². The first-order valence-electron chi connectivity index (χ1n) is 4.33. The summed E-state index contributed by atoms with van der Waals surface area (Å²) in [7, 11) is 0. The van der Waals surface area contributed by atoms with Crippen LogP contribution < -0.4 is 5.48 Å². The van der Waals surface area contributed by atoms with Gasteiger partial charge in [0.1, 0.15) is 0 Å². The maximum Gasteiger partial charge on any atom is 0.0654 e. The number of aryl methyl sites for hydroxylation is 1. The van der Waals surface area contributed by atoms with Crippen LogP contribution in [0, 0.1) is 6.92 Å². The maximum absolute atomic E-state index is 5.05. The summed E-state index contributed by atoms with van der Waals surface area (Å²) in [6, 6.07) is 6.28. The molecule has 0 atom stereocenters. The Labute approximate surface area is 87.4 Å². The topological polar surface area (TPSA) is 21.3 Å². The lowest BCUT2D eigenvalue weighted by molar-refractivity contribution is 0.0462. The Kier molecular flexibility index (Phi) is 4.42. The number of rotatable bonds is 4. The minimum absolute atomic E-state index is 0.684. The largest absolute Gasteiger partial charge is 0.302 e. The Bertz CT molecular complexity index is 276. The Hall–Kier alpha value is -0.380. The Morgan fingerprint density at radius 3 is 2.85 bits per heavy atom. The van der Waals surface area contributed by atoms with Crippen LogP contribution in [0.2, 0.25) is 0 Å². The summed E-state index contributed by atoms with van der Waals surface area (Å²) in [4.78, 5) is 5.05. The van der Waals surface area contributed by atoms with Gasteiger partial charge in [-0.1, -0.05) is 28.1 Å². The van der Waals surface area contributed by atoms with Gasteiger partial charge in [0.25, 0.3) is 0 Å². The van der Waals surface area contributed by atoms with Gasteiger partial charge in [-0.25, -0.2) is 0 Å². The highest BCUT2D eigenvalue weighted by atomic mass is 79.9. The molecule has 1 N–H and O–H groups in total. The molecule has 72 valence electrons. The van der Waals surface area contributed by atoms with E-state index >= 15 is 0 Å². The van der Waals surface area contributed by atoms with Gasteiger partial charge < -0.3 is 4.84 Å². The Morgan fingerprint density at radius 2 is 2.23 bits per heavy atom. The first-order chi connectivity index (χ1) is 6.24. The molecule has 0 saturated heterocycles. The third kappa shape index (κ3) is 3.46. The molecule has 0 heterocycles. The van der Waals surface area contributed by atoms with Crippen molar-refractivity contribution in [3.63, 3.8) is 0 Å². The van der Waals surface area contributed by atoms with Gasteiger partial charge in [-0.3, -0.25) is 0 Å². The van der Waals surface area contributed by atoms with Crippen molar-refractivity contribution >= 4 is 15.9 Å². The quantitative estimate of drug-likeness (QED) is 0.649. The smallest absolute Gasteiger partial charge is 0.0654 e. The SMILES string of the molecule is CCONCc1ccc(C)cc1Br. The summed E-state index contributed by atoms with van der Waals surface area (Å²) in [5.74, 6) is 0. The molecule has 0 amide bonds. The minimum atomic E-state index is 0.684. The maximum atomic E-state index is 5.05. The average Bonchev–Trinajstić information content (AvgIpc) is 2.09. The molecule has 0 fully saturated rings. The van der Waals surface area contributed by atoms with Gasteiger partial charge in [-0.15, -0.1) is 0 Å². The van der Waals surface area contributed by atoms with Crippen LogP contribution in [-0.4, -0.2) is 6.61 Å². The van der Waals surface area contributed by atoms with E-state index in [4.69, 9.17) is 4.84 Å². The van der Waals surface area contributed by atoms with E-state index in [2.05, 4.69) is 46.5 Å². The first kappa shape index (κ1) is 10.7. The molecule has 0 spiro atoms. The van der Waals surface area contributed by atoms with Gasteiger partial charge in [0.2, 0.25) is 0 Å². The lowest BCUT2D eigenvalue weighted by Gasteiger charge is -2.06. The van der Waals surface area contributed by atoms with E-state index in [0.29, 0.717) is 6.61 Å². The predicted octanol–water partition coefficient (Wildman–Crippen LogP) is 2.80. The number of halogens is 1. The van der Waals surface area contributed by atoms with E-state index in [9.17, 15) is 0 Å². The molecule has 0 aliphatic heterocycles. The number of hydroxylamine groups is 1. The molecular weight excluding hydrogens is 230 g/mol. The third-order valence-electron chi connectivity index (χ3n) is 1.72. The molecule has 0 aliphatic carbocycles. The molecule has 0 saturated carbocycles. The van der Waals surface area contributed by atoms with Crippen molar-refractivity contribution in [1.82, 2.24) is 5.48 Å². The summed E-state index contributed by atoms with van der Waals surface area (Å²) in [5, 5.41) is 0. The fourth-order valence-corrected chi connectivity index (χ4v) is 1.66. The van der Waals surface area contributed by atoms with Crippen LogP contribution in [0.4, 0.5) is 0 Å². The summed E-state index contributed by atoms with van der Waals surface area (Å²) in [6.07, 6.45) is 0. The standard InChI is InChI=1S/C10H14BrNO/c1-3-13-12-7-9-5-4-8(2)6-10(9)11/h4-6,12H,3,7H2,1-2H3. The number of hydrogen-bond donors (Lipinski definition) is 1. The van der Waals surface area contributed by atoms with Gasteiger partial charge in [0, 0.05) is 11.0 Å². The van der Waals surface area contributed by atoms with Crippen LogP contribution in [0.3, 0.4) is 0 Å². The highest BCUT2D eigenvalue weighted by molar-refractivity contribution is 9.10. The summed E-state index contributed by atoms with van der Waals surface area (Å²) >= 11 is 3.50. The number of benzene rings is 1. The third-order valence-corrected chi connectivity index (χ3v) is 2.46. The minimum Gasteiger partial charge on any atom is -0.302 e. The van der Waals surface area contributed by atoms with Crippen molar-refractivity contribution < 1.29 is 4.84 Å². The van der Waals surface area contributed by atoms with E-state index < -0.39 is 0 Å². The van der Waals surface area contributed by atoms with Gasteiger partial charge in [0.15, 0.2) is 0 Å². The fourth-order valence-electron chi connectivity index (χ4n) is 1.03. The molecular formula is C10H14BrNO. The molecule has 2 nitrogen and oxygen atoms in total. The van der Waals surface area contributed by atoms with Crippen LogP contribution in [0.15, 0.2) is 22.7 Å². The van der Waals surface area contributed by atoms with E-state index in [0.717, 1.165) is 11.0 Å². The van der Waals surface area contributed by atoms with Gasteiger partial charge in [-0.2, -0.15) is 5.48 Å². The van der Waals surface area contributed by atoms with Crippen molar-refractivity contribution in [2.24, 2.45) is 0 Å². The second-order valence-corrected chi connectivity index (χ2v) is 3.70. The summed E-state index contributed by atoms with van der Waals surface area (Å²) in [6.45, 7) is 5.44. The number of hydrogen-bond acceptors (Lipinski definition) is 2. The van der Waals surface area contributed by atoms with Crippen LogP contribution in [0.25, 0.3) is 0 Å². The molecule has 1 aromatic carbocycles. The Balaban J connectivity index is 2.56.